The number of amides is 1. The lowest BCUT2D eigenvalue weighted by Gasteiger charge is -2.10. The topological polar surface area (TPSA) is 62.2 Å². The van der Waals surface area contributed by atoms with Gasteiger partial charge in [-0.3, -0.25) is 4.79 Å². The SMILES string of the molecule is CC(=O)Nc1ccc(Sc2ncccc2C(C)O)cc1. The molecular weight excluding hydrogens is 272 g/mol. The highest BCUT2D eigenvalue weighted by molar-refractivity contribution is 7.99. The molecule has 4 nitrogen and oxygen atoms in total. The van der Waals surface area contributed by atoms with Crippen molar-refractivity contribution in [3.8, 4) is 0 Å². The molecule has 2 rings (SSSR count). The van der Waals surface area contributed by atoms with E-state index in [1.807, 2.05) is 36.4 Å². The van der Waals surface area contributed by atoms with Gasteiger partial charge in [0.15, 0.2) is 0 Å². The maximum Gasteiger partial charge on any atom is 0.221 e. The second kappa shape index (κ2) is 6.54. The molecule has 1 heterocycles. The first-order valence-electron chi connectivity index (χ1n) is 6.25. The van der Waals surface area contributed by atoms with E-state index in [0.29, 0.717) is 0 Å². The van der Waals surface area contributed by atoms with E-state index >= 15 is 0 Å². The smallest absolute Gasteiger partial charge is 0.221 e. The van der Waals surface area contributed by atoms with Crippen molar-refractivity contribution < 1.29 is 9.90 Å². The van der Waals surface area contributed by atoms with Crippen LogP contribution in [0.1, 0.15) is 25.5 Å². The number of anilines is 1. The first-order chi connectivity index (χ1) is 9.56. The lowest BCUT2D eigenvalue weighted by atomic mass is 10.2. The minimum Gasteiger partial charge on any atom is -0.389 e. The van der Waals surface area contributed by atoms with Crippen LogP contribution < -0.4 is 5.32 Å². The highest BCUT2D eigenvalue weighted by atomic mass is 32.2. The van der Waals surface area contributed by atoms with Crippen molar-refractivity contribution in [2.24, 2.45) is 0 Å². The number of aromatic nitrogens is 1. The molecule has 0 aliphatic heterocycles. The fourth-order valence-electron chi connectivity index (χ4n) is 1.73. The number of benzene rings is 1. The molecule has 1 aromatic carbocycles. The zero-order chi connectivity index (χ0) is 14.5. The summed E-state index contributed by atoms with van der Waals surface area (Å²) in [5.74, 6) is -0.0912. The molecule has 0 fully saturated rings. The van der Waals surface area contributed by atoms with Crippen LogP contribution in [0.25, 0.3) is 0 Å². The third kappa shape index (κ3) is 3.82. The summed E-state index contributed by atoms with van der Waals surface area (Å²) in [6.07, 6.45) is 1.16. The van der Waals surface area contributed by atoms with Gasteiger partial charge in [0.1, 0.15) is 5.03 Å². The number of rotatable bonds is 4. The number of pyridine rings is 1. The normalized spacial score (nSPS) is 11.9. The second-order valence-electron chi connectivity index (χ2n) is 4.38. The summed E-state index contributed by atoms with van der Waals surface area (Å²) in [5.41, 5.74) is 1.57. The molecule has 0 saturated carbocycles. The van der Waals surface area contributed by atoms with Gasteiger partial charge in [0.25, 0.3) is 0 Å². The molecule has 0 bridgehead atoms. The third-order valence-electron chi connectivity index (χ3n) is 2.64. The molecule has 0 aliphatic carbocycles. The molecule has 0 radical (unpaired) electrons. The zero-order valence-corrected chi connectivity index (χ0v) is 12.1. The molecule has 2 aromatic rings. The summed E-state index contributed by atoms with van der Waals surface area (Å²) in [7, 11) is 0. The quantitative estimate of drug-likeness (QED) is 0.906. The van der Waals surface area contributed by atoms with Crippen LogP contribution in [0.4, 0.5) is 5.69 Å². The van der Waals surface area contributed by atoms with Gasteiger partial charge in [-0.15, -0.1) is 0 Å². The average molecular weight is 288 g/mol. The fraction of sp³-hybridized carbons (Fsp3) is 0.200. The predicted octanol–water partition coefficient (Wildman–Crippen LogP) is 3.24. The summed E-state index contributed by atoms with van der Waals surface area (Å²) in [5, 5.41) is 13.2. The predicted molar refractivity (Wildman–Crippen MR) is 79.7 cm³/mol. The van der Waals surface area contributed by atoms with Gasteiger partial charge >= 0.3 is 0 Å². The largest absolute Gasteiger partial charge is 0.389 e. The first kappa shape index (κ1) is 14.6. The van der Waals surface area contributed by atoms with Crippen LogP contribution in [0.5, 0.6) is 0 Å². The fourth-order valence-corrected chi connectivity index (χ4v) is 2.69. The van der Waals surface area contributed by atoms with Crippen molar-refractivity contribution in [1.82, 2.24) is 4.98 Å². The van der Waals surface area contributed by atoms with Gasteiger partial charge in [0, 0.05) is 29.3 Å². The number of nitrogens with zero attached hydrogens (tertiary/aromatic N) is 1. The van der Waals surface area contributed by atoms with Gasteiger partial charge in [-0.1, -0.05) is 17.8 Å². The summed E-state index contributed by atoms with van der Waals surface area (Å²) in [6, 6.07) is 11.2. The van der Waals surface area contributed by atoms with Crippen molar-refractivity contribution in [3.05, 3.63) is 48.2 Å². The van der Waals surface area contributed by atoms with Crippen LogP contribution in [0, 0.1) is 0 Å². The van der Waals surface area contributed by atoms with E-state index in [1.165, 1.54) is 18.7 Å². The van der Waals surface area contributed by atoms with Crippen molar-refractivity contribution in [2.45, 2.75) is 29.9 Å². The molecule has 5 heteroatoms. The van der Waals surface area contributed by atoms with E-state index in [4.69, 9.17) is 0 Å². The monoisotopic (exact) mass is 288 g/mol. The molecule has 0 spiro atoms. The van der Waals surface area contributed by atoms with Gasteiger partial charge < -0.3 is 10.4 Å². The molecule has 1 aromatic heterocycles. The Labute approximate surface area is 122 Å². The Balaban J connectivity index is 2.16. The molecule has 0 saturated heterocycles. The maximum absolute atomic E-state index is 11.0. The van der Waals surface area contributed by atoms with Crippen LogP contribution in [-0.2, 0) is 4.79 Å². The molecule has 1 amide bonds. The number of carbonyl (C=O) groups is 1. The Morgan fingerprint density at radius 1 is 1.30 bits per heavy atom. The summed E-state index contributed by atoms with van der Waals surface area (Å²) in [4.78, 5) is 16.3. The Morgan fingerprint density at radius 3 is 2.60 bits per heavy atom. The van der Waals surface area contributed by atoms with Crippen molar-refractivity contribution in [3.63, 3.8) is 0 Å². The van der Waals surface area contributed by atoms with Crippen LogP contribution >= 0.6 is 11.8 Å². The average Bonchev–Trinajstić information content (AvgIpc) is 2.41. The van der Waals surface area contributed by atoms with Gasteiger partial charge in [0.05, 0.1) is 6.10 Å². The van der Waals surface area contributed by atoms with E-state index in [1.54, 1.807) is 13.1 Å². The summed E-state index contributed by atoms with van der Waals surface area (Å²) < 4.78 is 0. The van der Waals surface area contributed by atoms with Crippen molar-refractivity contribution in [2.75, 3.05) is 5.32 Å². The van der Waals surface area contributed by atoms with E-state index < -0.39 is 6.10 Å². The van der Waals surface area contributed by atoms with Gasteiger partial charge in [-0.05, 0) is 37.3 Å². The summed E-state index contributed by atoms with van der Waals surface area (Å²) in [6.45, 7) is 3.20. The van der Waals surface area contributed by atoms with Crippen LogP contribution in [0.3, 0.4) is 0 Å². The molecule has 2 N–H and O–H groups in total. The summed E-state index contributed by atoms with van der Waals surface area (Å²) >= 11 is 1.49. The molecule has 1 unspecified atom stereocenters. The lowest BCUT2D eigenvalue weighted by Crippen LogP contribution is -2.05. The standard InChI is InChI=1S/C15H16N2O2S/c1-10(18)14-4-3-9-16-15(14)20-13-7-5-12(6-8-13)17-11(2)19/h3-10,18H,1-2H3,(H,17,19). The third-order valence-corrected chi connectivity index (χ3v) is 3.68. The number of aliphatic hydroxyl groups is 1. The van der Waals surface area contributed by atoms with Crippen LogP contribution in [-0.4, -0.2) is 16.0 Å². The highest BCUT2D eigenvalue weighted by Crippen LogP contribution is 2.31. The highest BCUT2D eigenvalue weighted by Gasteiger charge is 2.10. The lowest BCUT2D eigenvalue weighted by molar-refractivity contribution is -0.114. The molecule has 20 heavy (non-hydrogen) atoms. The number of nitrogens with one attached hydrogen (secondary N) is 1. The van der Waals surface area contributed by atoms with Gasteiger partial charge in [-0.2, -0.15) is 0 Å². The Bertz CT molecular complexity index is 597. The van der Waals surface area contributed by atoms with E-state index in [2.05, 4.69) is 10.3 Å². The maximum atomic E-state index is 11.0. The molecule has 104 valence electrons. The molecule has 1 atom stereocenters. The second-order valence-corrected chi connectivity index (χ2v) is 5.44. The molecule has 0 aliphatic rings. The van der Waals surface area contributed by atoms with Gasteiger partial charge in [-0.25, -0.2) is 4.98 Å². The number of aliphatic hydroxyl groups excluding tert-OH is 1. The van der Waals surface area contributed by atoms with E-state index in [9.17, 15) is 9.90 Å². The zero-order valence-electron chi connectivity index (χ0n) is 11.3. The Morgan fingerprint density at radius 2 is 2.00 bits per heavy atom. The first-order valence-corrected chi connectivity index (χ1v) is 7.06. The number of hydrogen-bond donors (Lipinski definition) is 2. The van der Waals surface area contributed by atoms with Crippen molar-refractivity contribution >= 4 is 23.4 Å². The number of carbonyl (C=O) groups excluding carboxylic acids is 1. The van der Waals surface area contributed by atoms with E-state index in [0.717, 1.165) is 21.2 Å². The van der Waals surface area contributed by atoms with Gasteiger partial charge in [0.2, 0.25) is 5.91 Å². The van der Waals surface area contributed by atoms with E-state index in [-0.39, 0.29) is 5.91 Å². The Hall–Kier alpha value is -1.85. The van der Waals surface area contributed by atoms with Crippen LogP contribution in [0.15, 0.2) is 52.5 Å². The number of hydrogen-bond acceptors (Lipinski definition) is 4. The minimum atomic E-state index is -0.551. The minimum absolute atomic E-state index is 0.0912. The Kier molecular flexibility index (Phi) is 4.76. The van der Waals surface area contributed by atoms with Crippen molar-refractivity contribution in [1.29, 1.82) is 0 Å². The molecular formula is C15H16N2O2S. The van der Waals surface area contributed by atoms with Crippen LogP contribution in [0.2, 0.25) is 0 Å².